The van der Waals surface area contributed by atoms with Gasteiger partial charge in [-0.3, -0.25) is 4.52 Å². The molecular weight excluding hydrogens is 160 g/mol. The highest BCUT2D eigenvalue weighted by Gasteiger charge is 2.53. The first-order chi connectivity index (χ1) is 4.02. The molecule has 0 spiro atoms. The molecule has 54 valence electrons. The second-order valence-electron chi connectivity index (χ2n) is 1.31. The Kier molecular flexibility index (Phi) is 1.65. The Hall–Kier alpha value is 0.100. The molecule has 7 heteroatoms. The van der Waals surface area contributed by atoms with Crippen molar-refractivity contribution in [1.29, 1.82) is 0 Å². The lowest BCUT2D eigenvalue weighted by Gasteiger charge is -2.04. The van der Waals surface area contributed by atoms with Crippen molar-refractivity contribution in [3.63, 3.8) is 0 Å². The van der Waals surface area contributed by atoms with Crippen LogP contribution in [-0.4, -0.2) is 17.4 Å². The standard InChI is InChI=1S/C2H2F3O3P/c3-1-2(4,5)8-9(6)7-1/h1,6H. The van der Waals surface area contributed by atoms with E-state index >= 15 is 0 Å². The van der Waals surface area contributed by atoms with Crippen molar-refractivity contribution in [2.45, 2.75) is 12.5 Å². The molecule has 3 nitrogen and oxygen atoms in total. The van der Waals surface area contributed by atoms with Crippen molar-refractivity contribution < 1.29 is 27.1 Å². The third kappa shape index (κ3) is 1.32. The Morgan fingerprint density at radius 3 is 2.22 bits per heavy atom. The van der Waals surface area contributed by atoms with Gasteiger partial charge in [0.2, 0.25) is 0 Å². The van der Waals surface area contributed by atoms with E-state index in [1.165, 1.54) is 0 Å². The van der Waals surface area contributed by atoms with Crippen LogP contribution in [0.4, 0.5) is 13.2 Å². The SMILES string of the molecule is OP1OC(F)C(F)(F)O1. The van der Waals surface area contributed by atoms with E-state index < -0.39 is 21.1 Å². The van der Waals surface area contributed by atoms with Gasteiger partial charge in [-0.25, -0.2) is 8.91 Å². The minimum atomic E-state index is -3.99. The molecule has 0 radical (unpaired) electrons. The fraction of sp³-hybridized carbons (Fsp3) is 1.00. The van der Waals surface area contributed by atoms with Crippen LogP contribution in [0.25, 0.3) is 0 Å². The van der Waals surface area contributed by atoms with Crippen LogP contribution >= 0.6 is 8.60 Å². The molecule has 1 fully saturated rings. The third-order valence-corrected chi connectivity index (χ3v) is 1.41. The Bertz CT molecular complexity index is 120. The molecule has 0 saturated carbocycles. The summed E-state index contributed by atoms with van der Waals surface area (Å²) in [6.45, 7) is 0. The Labute approximate surface area is 49.4 Å². The quantitative estimate of drug-likeness (QED) is 0.542. The van der Waals surface area contributed by atoms with E-state index in [9.17, 15) is 13.2 Å². The number of hydrogen-bond donors (Lipinski definition) is 1. The fourth-order valence-corrected chi connectivity index (χ4v) is 0.923. The molecule has 9 heavy (non-hydrogen) atoms. The van der Waals surface area contributed by atoms with E-state index in [1.807, 2.05) is 0 Å². The highest BCUT2D eigenvalue weighted by molar-refractivity contribution is 7.40. The highest BCUT2D eigenvalue weighted by atomic mass is 31.2. The molecule has 0 aliphatic carbocycles. The van der Waals surface area contributed by atoms with E-state index in [4.69, 9.17) is 4.89 Å². The maximum Gasteiger partial charge on any atom is 0.418 e. The van der Waals surface area contributed by atoms with Gasteiger partial charge in [0.15, 0.2) is 0 Å². The lowest BCUT2D eigenvalue weighted by molar-refractivity contribution is -0.228. The summed E-state index contributed by atoms with van der Waals surface area (Å²) in [7, 11) is -2.72. The zero-order valence-electron chi connectivity index (χ0n) is 3.92. The molecule has 0 aromatic rings. The maximum atomic E-state index is 11.7. The monoisotopic (exact) mass is 162 g/mol. The molecule has 0 amide bonds. The Balaban J connectivity index is 2.58. The van der Waals surface area contributed by atoms with Gasteiger partial charge >= 0.3 is 14.7 Å². The van der Waals surface area contributed by atoms with Gasteiger partial charge in [-0.05, 0) is 0 Å². The largest absolute Gasteiger partial charge is 0.418 e. The van der Waals surface area contributed by atoms with E-state index in [0.717, 1.165) is 0 Å². The normalized spacial score (nSPS) is 41.3. The summed E-state index contributed by atoms with van der Waals surface area (Å²) in [6, 6.07) is 0. The number of rotatable bonds is 0. The van der Waals surface area contributed by atoms with Gasteiger partial charge in [-0.1, -0.05) is 0 Å². The first kappa shape index (κ1) is 7.21. The van der Waals surface area contributed by atoms with Crippen LogP contribution in [0.2, 0.25) is 0 Å². The molecular formula is C2H2F3O3P. The summed E-state index contributed by atoms with van der Waals surface area (Å²) in [4.78, 5) is 8.14. The molecule has 1 rings (SSSR count). The molecule has 1 heterocycles. The summed E-state index contributed by atoms with van der Waals surface area (Å²) in [5, 5.41) is 0. The van der Waals surface area contributed by atoms with Crippen LogP contribution in [0.15, 0.2) is 0 Å². The topological polar surface area (TPSA) is 38.7 Å². The Morgan fingerprint density at radius 1 is 1.56 bits per heavy atom. The van der Waals surface area contributed by atoms with Crippen molar-refractivity contribution in [2.75, 3.05) is 0 Å². The van der Waals surface area contributed by atoms with Gasteiger partial charge in [-0.2, -0.15) is 8.78 Å². The lowest BCUT2D eigenvalue weighted by Crippen LogP contribution is -2.25. The summed E-state index contributed by atoms with van der Waals surface area (Å²) in [6.07, 6.45) is -6.82. The van der Waals surface area contributed by atoms with Crippen LogP contribution < -0.4 is 0 Å². The molecule has 2 unspecified atom stereocenters. The molecule has 0 aromatic carbocycles. The summed E-state index contributed by atoms with van der Waals surface area (Å²) in [5.74, 6) is 0. The first-order valence-electron chi connectivity index (χ1n) is 1.89. The van der Waals surface area contributed by atoms with E-state index in [0.29, 0.717) is 0 Å². The van der Waals surface area contributed by atoms with Crippen LogP contribution in [0, 0.1) is 0 Å². The van der Waals surface area contributed by atoms with Gasteiger partial charge < -0.3 is 4.89 Å². The van der Waals surface area contributed by atoms with Crippen LogP contribution in [0.3, 0.4) is 0 Å². The van der Waals surface area contributed by atoms with Gasteiger partial charge in [-0.15, -0.1) is 0 Å². The smallest absolute Gasteiger partial charge is 0.328 e. The minimum Gasteiger partial charge on any atom is -0.328 e. The minimum absolute atomic E-state index is 2.72. The molecule has 1 aliphatic heterocycles. The molecule has 1 saturated heterocycles. The predicted molar refractivity (Wildman–Crippen MR) is 21.2 cm³/mol. The van der Waals surface area contributed by atoms with Crippen molar-refractivity contribution in [2.24, 2.45) is 0 Å². The first-order valence-corrected chi connectivity index (χ1v) is 3.02. The molecule has 0 aromatic heterocycles. The van der Waals surface area contributed by atoms with Gasteiger partial charge in [0.05, 0.1) is 0 Å². The average Bonchev–Trinajstić information content (AvgIpc) is 1.79. The molecule has 1 N–H and O–H groups in total. The number of hydrogen-bond acceptors (Lipinski definition) is 3. The zero-order chi connectivity index (χ0) is 7.07. The number of alkyl halides is 3. The van der Waals surface area contributed by atoms with Gasteiger partial charge in [0.1, 0.15) is 0 Å². The Morgan fingerprint density at radius 2 is 2.11 bits per heavy atom. The van der Waals surface area contributed by atoms with Gasteiger partial charge in [0.25, 0.3) is 6.36 Å². The van der Waals surface area contributed by atoms with Crippen LogP contribution in [0.1, 0.15) is 0 Å². The summed E-state index contributed by atoms with van der Waals surface area (Å²) >= 11 is 0. The average molecular weight is 162 g/mol. The number of halogens is 3. The van der Waals surface area contributed by atoms with Crippen molar-refractivity contribution in [3.05, 3.63) is 0 Å². The second-order valence-corrected chi connectivity index (χ2v) is 2.18. The fourth-order valence-electron chi connectivity index (χ4n) is 0.308. The van der Waals surface area contributed by atoms with E-state index in [2.05, 4.69) is 9.05 Å². The zero-order valence-corrected chi connectivity index (χ0v) is 4.82. The van der Waals surface area contributed by atoms with Crippen LogP contribution in [-0.2, 0) is 9.05 Å². The molecule has 1 aliphatic rings. The highest BCUT2D eigenvalue weighted by Crippen LogP contribution is 2.51. The maximum absolute atomic E-state index is 11.7. The van der Waals surface area contributed by atoms with Crippen LogP contribution in [0.5, 0.6) is 0 Å². The van der Waals surface area contributed by atoms with E-state index in [-0.39, 0.29) is 0 Å². The van der Waals surface area contributed by atoms with Crippen molar-refractivity contribution in [1.82, 2.24) is 0 Å². The summed E-state index contributed by atoms with van der Waals surface area (Å²) in [5.41, 5.74) is 0. The lowest BCUT2D eigenvalue weighted by atomic mass is 10.6. The summed E-state index contributed by atoms with van der Waals surface area (Å²) < 4.78 is 42.1. The second kappa shape index (κ2) is 2.05. The van der Waals surface area contributed by atoms with Crippen molar-refractivity contribution >= 4 is 8.60 Å². The molecule has 0 bridgehead atoms. The van der Waals surface area contributed by atoms with Crippen molar-refractivity contribution in [3.8, 4) is 0 Å². The predicted octanol–water partition coefficient (Wildman–Crippen LogP) is 1.14. The van der Waals surface area contributed by atoms with E-state index in [1.54, 1.807) is 0 Å². The van der Waals surface area contributed by atoms with Gasteiger partial charge in [0, 0.05) is 0 Å². The third-order valence-electron chi connectivity index (χ3n) is 0.647. The molecule has 2 atom stereocenters.